The Morgan fingerprint density at radius 3 is 2.55 bits per heavy atom. The van der Waals surface area contributed by atoms with Crippen molar-refractivity contribution >= 4 is 22.5 Å². The van der Waals surface area contributed by atoms with Gasteiger partial charge in [0.2, 0.25) is 5.91 Å². The maximum Gasteiger partial charge on any atom is 0.223 e. The third-order valence-corrected chi connectivity index (χ3v) is 6.86. The largest absolute Gasteiger partial charge is 0.373 e. The molecule has 4 heteroatoms. The van der Waals surface area contributed by atoms with Gasteiger partial charge in [-0.2, -0.15) is 0 Å². The zero-order chi connectivity index (χ0) is 20.6. The van der Waals surface area contributed by atoms with E-state index in [1.165, 1.54) is 19.3 Å². The van der Waals surface area contributed by atoms with E-state index in [1.54, 1.807) is 0 Å². The van der Waals surface area contributed by atoms with Gasteiger partial charge >= 0.3 is 0 Å². The molecule has 1 N–H and O–H groups in total. The Labute approximate surface area is 173 Å². The minimum atomic E-state index is -0.852. The van der Waals surface area contributed by atoms with Gasteiger partial charge in [-0.1, -0.05) is 62.2 Å². The van der Waals surface area contributed by atoms with Crippen LogP contribution in [0.3, 0.4) is 0 Å². The van der Waals surface area contributed by atoms with Gasteiger partial charge in [0.15, 0.2) is 5.78 Å². The van der Waals surface area contributed by atoms with E-state index in [4.69, 9.17) is 0 Å². The molecule has 2 fully saturated rings. The molecule has 0 spiro atoms. The lowest BCUT2D eigenvalue weighted by Gasteiger charge is -2.32. The molecule has 29 heavy (non-hydrogen) atoms. The number of amides is 1. The topological polar surface area (TPSA) is 49.4 Å². The minimum absolute atomic E-state index is 0.0307. The van der Waals surface area contributed by atoms with E-state index >= 15 is 0 Å². The Hall–Kier alpha value is -2.62. The van der Waals surface area contributed by atoms with Gasteiger partial charge in [-0.05, 0) is 42.2 Å². The molecule has 2 aromatic carbocycles. The molecule has 4 nitrogen and oxygen atoms in total. The van der Waals surface area contributed by atoms with Crippen LogP contribution in [0.5, 0.6) is 0 Å². The van der Waals surface area contributed by atoms with Crippen molar-refractivity contribution in [2.24, 2.45) is 5.92 Å². The van der Waals surface area contributed by atoms with E-state index in [9.17, 15) is 9.59 Å². The number of Topliss-reactive ketones (excluding diaryl/α,β-unsaturated/α-hetero) is 1. The van der Waals surface area contributed by atoms with Crippen LogP contribution in [0.2, 0.25) is 0 Å². The van der Waals surface area contributed by atoms with Crippen molar-refractivity contribution in [1.82, 2.24) is 10.2 Å². The lowest BCUT2D eigenvalue weighted by Crippen LogP contribution is -2.41. The lowest BCUT2D eigenvalue weighted by atomic mass is 9.83. The second kappa shape index (κ2) is 7.66. The van der Waals surface area contributed by atoms with E-state index in [-0.39, 0.29) is 18.1 Å². The Balaban J connectivity index is 1.53. The van der Waals surface area contributed by atoms with Crippen molar-refractivity contribution in [3.05, 3.63) is 60.3 Å². The van der Waals surface area contributed by atoms with Crippen LogP contribution in [0, 0.1) is 5.92 Å². The number of allylic oxidation sites excluding steroid dienone is 1. The fraction of sp³-hybridized carbons (Fsp3) is 0.440. The average Bonchev–Trinajstić information content (AvgIpc) is 2.97. The molecule has 2 aliphatic rings. The first-order valence-corrected chi connectivity index (χ1v) is 10.7. The van der Waals surface area contributed by atoms with Crippen LogP contribution in [0.15, 0.2) is 54.7 Å². The number of hydrogen-bond acceptors (Lipinski definition) is 3. The predicted octanol–water partition coefficient (Wildman–Crippen LogP) is 4.54. The SMILES string of the molecule is C=C1NC(C)(c2ccc3ccccc3c2)C(=O)C1CC(=O)N(C)C1CCCCC1. The van der Waals surface area contributed by atoms with Crippen molar-refractivity contribution < 1.29 is 9.59 Å². The van der Waals surface area contributed by atoms with Gasteiger partial charge in [-0.25, -0.2) is 0 Å². The highest BCUT2D eigenvalue weighted by atomic mass is 16.2. The molecule has 2 unspecified atom stereocenters. The van der Waals surface area contributed by atoms with E-state index < -0.39 is 11.5 Å². The summed E-state index contributed by atoms with van der Waals surface area (Å²) in [6, 6.07) is 14.5. The number of hydrogen-bond donors (Lipinski definition) is 1. The molecule has 1 aliphatic heterocycles. The molecule has 2 aromatic rings. The minimum Gasteiger partial charge on any atom is -0.373 e. The summed E-state index contributed by atoms with van der Waals surface area (Å²) in [6.45, 7) is 5.99. The van der Waals surface area contributed by atoms with Gasteiger partial charge in [0.25, 0.3) is 0 Å². The van der Waals surface area contributed by atoms with Crippen LogP contribution < -0.4 is 5.32 Å². The number of benzene rings is 2. The number of rotatable bonds is 4. The summed E-state index contributed by atoms with van der Waals surface area (Å²) < 4.78 is 0. The van der Waals surface area contributed by atoms with Crippen LogP contribution in [0.25, 0.3) is 10.8 Å². The molecule has 1 heterocycles. The number of ketones is 1. The maximum absolute atomic E-state index is 13.4. The van der Waals surface area contributed by atoms with Gasteiger partial charge in [-0.15, -0.1) is 0 Å². The van der Waals surface area contributed by atoms with E-state index in [0.717, 1.165) is 29.2 Å². The highest BCUT2D eigenvalue weighted by Crippen LogP contribution is 2.38. The monoisotopic (exact) mass is 390 g/mol. The van der Waals surface area contributed by atoms with E-state index in [1.807, 2.05) is 43.1 Å². The fourth-order valence-electron chi connectivity index (χ4n) is 4.90. The van der Waals surface area contributed by atoms with Crippen LogP contribution in [0.4, 0.5) is 0 Å². The van der Waals surface area contributed by atoms with Gasteiger partial charge in [0.05, 0.1) is 5.92 Å². The number of fused-ring (bicyclic) bond motifs is 1. The van der Waals surface area contributed by atoms with Crippen molar-refractivity contribution in [2.45, 2.75) is 57.0 Å². The molecule has 1 aliphatic carbocycles. The predicted molar refractivity (Wildman–Crippen MR) is 116 cm³/mol. The molecule has 0 radical (unpaired) electrons. The molecule has 1 saturated heterocycles. The number of carbonyl (C=O) groups is 2. The maximum atomic E-state index is 13.4. The summed E-state index contributed by atoms with van der Waals surface area (Å²) in [4.78, 5) is 28.2. The Bertz CT molecular complexity index is 960. The Morgan fingerprint density at radius 2 is 1.83 bits per heavy atom. The summed E-state index contributed by atoms with van der Waals surface area (Å²) in [6.07, 6.45) is 5.94. The number of nitrogens with one attached hydrogen (secondary N) is 1. The second-order valence-corrected chi connectivity index (χ2v) is 8.75. The molecule has 1 saturated carbocycles. The lowest BCUT2D eigenvalue weighted by molar-refractivity contribution is -0.136. The Kier molecular flexibility index (Phi) is 5.20. The van der Waals surface area contributed by atoms with Crippen LogP contribution in [0.1, 0.15) is 51.0 Å². The van der Waals surface area contributed by atoms with Crippen molar-refractivity contribution in [3.8, 4) is 0 Å². The van der Waals surface area contributed by atoms with Crippen LogP contribution >= 0.6 is 0 Å². The standard InChI is InChI=1S/C25H30N2O2/c1-17-22(16-23(28)27(3)21-11-5-4-6-12-21)24(29)25(2,26-17)20-14-13-18-9-7-8-10-19(18)15-20/h7-10,13-15,21-22,26H,1,4-6,11-12,16H2,2-3H3. The molecule has 0 aromatic heterocycles. The van der Waals surface area contributed by atoms with Crippen molar-refractivity contribution in [2.75, 3.05) is 7.05 Å². The molecule has 0 bridgehead atoms. The summed E-state index contributed by atoms with van der Waals surface area (Å²) >= 11 is 0. The number of carbonyl (C=O) groups excluding carboxylic acids is 2. The van der Waals surface area contributed by atoms with Crippen LogP contribution in [-0.2, 0) is 15.1 Å². The highest BCUT2D eigenvalue weighted by molar-refractivity contribution is 5.99. The summed E-state index contributed by atoms with van der Waals surface area (Å²) in [5.41, 5.74) is 0.712. The van der Waals surface area contributed by atoms with E-state index in [0.29, 0.717) is 11.7 Å². The highest BCUT2D eigenvalue weighted by Gasteiger charge is 2.48. The van der Waals surface area contributed by atoms with Gasteiger partial charge in [0, 0.05) is 25.2 Å². The zero-order valence-corrected chi connectivity index (χ0v) is 17.4. The summed E-state index contributed by atoms with van der Waals surface area (Å²) in [5.74, 6) is -0.408. The number of nitrogens with zero attached hydrogens (tertiary/aromatic N) is 1. The quantitative estimate of drug-likeness (QED) is 0.834. The average molecular weight is 391 g/mol. The normalized spacial score (nSPS) is 25.2. The first-order chi connectivity index (χ1) is 13.9. The molecule has 4 rings (SSSR count). The van der Waals surface area contributed by atoms with Gasteiger partial charge < -0.3 is 10.2 Å². The first-order valence-electron chi connectivity index (χ1n) is 10.7. The van der Waals surface area contributed by atoms with E-state index in [2.05, 4.69) is 30.1 Å². The molecular weight excluding hydrogens is 360 g/mol. The Morgan fingerprint density at radius 1 is 1.14 bits per heavy atom. The second-order valence-electron chi connectivity index (χ2n) is 8.75. The van der Waals surface area contributed by atoms with Crippen molar-refractivity contribution in [3.63, 3.8) is 0 Å². The van der Waals surface area contributed by atoms with Gasteiger partial charge in [0.1, 0.15) is 5.54 Å². The molecule has 2 atom stereocenters. The molecule has 1 amide bonds. The zero-order valence-electron chi connectivity index (χ0n) is 17.4. The third-order valence-electron chi connectivity index (χ3n) is 6.86. The molecule has 152 valence electrons. The van der Waals surface area contributed by atoms with Gasteiger partial charge in [-0.3, -0.25) is 9.59 Å². The fourth-order valence-corrected chi connectivity index (χ4v) is 4.90. The smallest absolute Gasteiger partial charge is 0.223 e. The summed E-state index contributed by atoms with van der Waals surface area (Å²) in [7, 11) is 1.89. The molecular formula is C25H30N2O2. The van der Waals surface area contributed by atoms with Crippen molar-refractivity contribution in [1.29, 1.82) is 0 Å². The first kappa shape index (κ1) is 19.7. The van der Waals surface area contributed by atoms with Crippen LogP contribution in [-0.4, -0.2) is 29.7 Å². The summed E-state index contributed by atoms with van der Waals surface area (Å²) in [5, 5.41) is 5.56. The third kappa shape index (κ3) is 3.57.